The largest absolute Gasteiger partial charge is 0.486 e. The number of aromatic nitrogens is 2. The molecule has 0 saturated carbocycles. The highest BCUT2D eigenvalue weighted by atomic mass is 16.6. The highest BCUT2D eigenvalue weighted by Crippen LogP contribution is 2.33. The summed E-state index contributed by atoms with van der Waals surface area (Å²) in [7, 11) is 0. The van der Waals surface area contributed by atoms with Crippen molar-refractivity contribution in [3.63, 3.8) is 0 Å². The molecule has 0 bridgehead atoms. The van der Waals surface area contributed by atoms with E-state index >= 15 is 0 Å². The molecule has 140 valence electrons. The number of ether oxygens (including phenoxy) is 2. The lowest BCUT2D eigenvalue weighted by Gasteiger charge is -2.40. The molecule has 8 nitrogen and oxygen atoms in total. The van der Waals surface area contributed by atoms with Crippen molar-refractivity contribution in [3.05, 3.63) is 24.3 Å². The summed E-state index contributed by atoms with van der Waals surface area (Å²) in [4.78, 5) is 2.49. The van der Waals surface area contributed by atoms with Crippen LogP contribution in [-0.2, 0) is 0 Å². The third kappa shape index (κ3) is 3.70. The van der Waals surface area contributed by atoms with Gasteiger partial charge in [-0.05, 0) is 50.9 Å². The first-order chi connectivity index (χ1) is 12.7. The third-order valence-electron chi connectivity index (χ3n) is 5.28. The molecule has 2 aliphatic heterocycles. The Morgan fingerprint density at radius 1 is 1.23 bits per heavy atom. The number of piperidine rings is 1. The molecule has 3 heterocycles. The van der Waals surface area contributed by atoms with Crippen LogP contribution in [-0.4, -0.2) is 53.5 Å². The Bertz CT molecular complexity index is 729. The van der Waals surface area contributed by atoms with E-state index in [2.05, 4.69) is 27.3 Å². The highest BCUT2D eigenvalue weighted by molar-refractivity contribution is 5.40. The van der Waals surface area contributed by atoms with Crippen LogP contribution in [0, 0.1) is 5.92 Å². The SMILES string of the molecule is CC(C1COc2ccccc2O1)N1CCC(CNc2nnc(N)o2)CC1. The molecular formula is C18H25N5O3. The second kappa shape index (κ2) is 7.41. The van der Waals surface area contributed by atoms with Crippen molar-refractivity contribution in [2.45, 2.75) is 31.9 Å². The summed E-state index contributed by atoms with van der Waals surface area (Å²) in [5.41, 5.74) is 5.43. The number of likely N-dealkylation sites (tertiary alicyclic amines) is 1. The standard InChI is InChI=1S/C18H25N5O3/c1-12(16-11-24-14-4-2-3-5-15(14)25-16)23-8-6-13(7-9-23)10-20-18-22-21-17(19)26-18/h2-5,12-13,16H,6-11H2,1H3,(H2,19,21)(H,20,22). The molecule has 2 unspecified atom stereocenters. The fraction of sp³-hybridized carbons (Fsp3) is 0.556. The number of benzene rings is 1. The second-order valence-electron chi connectivity index (χ2n) is 6.96. The summed E-state index contributed by atoms with van der Waals surface area (Å²) in [6, 6.07) is 8.66. The molecule has 1 saturated heterocycles. The van der Waals surface area contributed by atoms with Crippen LogP contribution in [0.25, 0.3) is 0 Å². The van der Waals surface area contributed by atoms with Crippen LogP contribution in [0.15, 0.2) is 28.7 Å². The summed E-state index contributed by atoms with van der Waals surface area (Å²) in [5.74, 6) is 2.26. The van der Waals surface area contributed by atoms with E-state index in [4.69, 9.17) is 19.6 Å². The predicted octanol–water partition coefficient (Wildman–Crippen LogP) is 2.00. The molecule has 2 atom stereocenters. The van der Waals surface area contributed by atoms with E-state index in [0.29, 0.717) is 24.6 Å². The molecular weight excluding hydrogens is 334 g/mol. The Morgan fingerprint density at radius 3 is 2.73 bits per heavy atom. The van der Waals surface area contributed by atoms with Gasteiger partial charge >= 0.3 is 12.0 Å². The van der Waals surface area contributed by atoms with Gasteiger partial charge in [-0.1, -0.05) is 22.3 Å². The Hall–Kier alpha value is -2.48. The van der Waals surface area contributed by atoms with Crippen LogP contribution >= 0.6 is 0 Å². The number of hydrogen-bond acceptors (Lipinski definition) is 8. The molecule has 1 fully saturated rings. The average Bonchev–Trinajstić information content (AvgIpc) is 3.11. The minimum Gasteiger partial charge on any atom is -0.486 e. The Kier molecular flexibility index (Phi) is 4.83. The lowest BCUT2D eigenvalue weighted by atomic mass is 9.95. The van der Waals surface area contributed by atoms with Gasteiger partial charge < -0.3 is 24.9 Å². The number of nitrogens with two attached hydrogens (primary N) is 1. The fourth-order valence-electron chi connectivity index (χ4n) is 3.61. The molecule has 0 radical (unpaired) electrons. The molecule has 4 rings (SSSR count). The highest BCUT2D eigenvalue weighted by Gasteiger charge is 2.32. The van der Waals surface area contributed by atoms with Crippen molar-refractivity contribution in [1.82, 2.24) is 15.1 Å². The number of anilines is 2. The summed E-state index contributed by atoms with van der Waals surface area (Å²) in [5, 5.41) is 10.6. The van der Waals surface area contributed by atoms with Crippen molar-refractivity contribution >= 4 is 12.0 Å². The van der Waals surface area contributed by atoms with Gasteiger partial charge in [0.25, 0.3) is 0 Å². The number of nitrogens with one attached hydrogen (secondary N) is 1. The van der Waals surface area contributed by atoms with Gasteiger partial charge in [0.1, 0.15) is 12.7 Å². The van der Waals surface area contributed by atoms with Crippen molar-refractivity contribution in [2.24, 2.45) is 5.92 Å². The van der Waals surface area contributed by atoms with Gasteiger partial charge in [0.05, 0.1) is 0 Å². The first kappa shape index (κ1) is 17.0. The van der Waals surface area contributed by atoms with Gasteiger partial charge in [-0.15, -0.1) is 0 Å². The molecule has 0 aliphatic carbocycles. The van der Waals surface area contributed by atoms with Crippen molar-refractivity contribution in [2.75, 3.05) is 37.3 Å². The minimum absolute atomic E-state index is 0.0564. The summed E-state index contributed by atoms with van der Waals surface area (Å²) in [6.45, 7) is 5.72. The lowest BCUT2D eigenvalue weighted by molar-refractivity contribution is 0.00901. The number of nitrogens with zero attached hydrogens (tertiary/aromatic N) is 3. The molecule has 1 aromatic heterocycles. The van der Waals surface area contributed by atoms with Crippen LogP contribution in [0.1, 0.15) is 19.8 Å². The Labute approximate surface area is 152 Å². The first-order valence-corrected chi connectivity index (χ1v) is 9.14. The van der Waals surface area contributed by atoms with Gasteiger partial charge in [0.2, 0.25) is 0 Å². The van der Waals surface area contributed by atoms with Crippen LogP contribution in [0.2, 0.25) is 0 Å². The maximum absolute atomic E-state index is 6.16. The molecule has 0 spiro atoms. The number of fused-ring (bicyclic) bond motifs is 1. The maximum Gasteiger partial charge on any atom is 0.316 e. The second-order valence-corrected chi connectivity index (χ2v) is 6.96. The van der Waals surface area contributed by atoms with Gasteiger partial charge in [-0.3, -0.25) is 4.90 Å². The average molecular weight is 359 g/mol. The summed E-state index contributed by atoms with van der Waals surface area (Å²) >= 11 is 0. The monoisotopic (exact) mass is 359 g/mol. The van der Waals surface area contributed by atoms with Gasteiger partial charge in [0, 0.05) is 12.6 Å². The van der Waals surface area contributed by atoms with Crippen molar-refractivity contribution < 1.29 is 13.9 Å². The minimum atomic E-state index is 0.0564. The van der Waals surface area contributed by atoms with E-state index in [1.54, 1.807) is 0 Å². The molecule has 2 aliphatic rings. The molecule has 2 aromatic rings. The normalized spacial score (nSPS) is 22.1. The molecule has 8 heteroatoms. The third-order valence-corrected chi connectivity index (χ3v) is 5.28. The number of para-hydroxylation sites is 2. The zero-order valence-electron chi connectivity index (χ0n) is 14.9. The van der Waals surface area contributed by atoms with E-state index in [9.17, 15) is 0 Å². The number of hydrogen-bond donors (Lipinski definition) is 2. The quantitative estimate of drug-likeness (QED) is 0.836. The molecule has 0 amide bonds. The van der Waals surface area contributed by atoms with E-state index in [0.717, 1.165) is 44.0 Å². The lowest BCUT2D eigenvalue weighted by Crippen LogP contribution is -2.51. The van der Waals surface area contributed by atoms with Gasteiger partial charge in [-0.2, -0.15) is 0 Å². The van der Waals surface area contributed by atoms with Crippen LogP contribution in [0.3, 0.4) is 0 Å². The van der Waals surface area contributed by atoms with Crippen molar-refractivity contribution in [1.29, 1.82) is 0 Å². The Morgan fingerprint density at radius 2 is 2.00 bits per heavy atom. The van der Waals surface area contributed by atoms with E-state index in [1.165, 1.54) is 0 Å². The van der Waals surface area contributed by atoms with Crippen LogP contribution < -0.4 is 20.5 Å². The van der Waals surface area contributed by atoms with E-state index in [1.807, 2.05) is 24.3 Å². The summed E-state index contributed by atoms with van der Waals surface area (Å²) in [6.07, 6.45) is 2.29. The van der Waals surface area contributed by atoms with Crippen LogP contribution in [0.4, 0.5) is 12.0 Å². The summed E-state index contributed by atoms with van der Waals surface area (Å²) < 4.78 is 17.2. The van der Waals surface area contributed by atoms with E-state index in [-0.39, 0.29) is 12.1 Å². The number of nitrogen functional groups attached to an aromatic ring is 1. The zero-order chi connectivity index (χ0) is 17.9. The van der Waals surface area contributed by atoms with E-state index < -0.39 is 0 Å². The van der Waals surface area contributed by atoms with Crippen molar-refractivity contribution in [3.8, 4) is 11.5 Å². The number of rotatable bonds is 5. The predicted molar refractivity (Wildman–Crippen MR) is 97.3 cm³/mol. The Balaban J connectivity index is 1.25. The molecule has 1 aromatic carbocycles. The van der Waals surface area contributed by atoms with Crippen LogP contribution in [0.5, 0.6) is 11.5 Å². The van der Waals surface area contributed by atoms with Gasteiger partial charge in [-0.25, -0.2) is 0 Å². The zero-order valence-corrected chi connectivity index (χ0v) is 14.9. The smallest absolute Gasteiger partial charge is 0.316 e. The van der Waals surface area contributed by atoms with Gasteiger partial charge in [0.15, 0.2) is 11.5 Å². The topological polar surface area (TPSA) is 98.7 Å². The first-order valence-electron chi connectivity index (χ1n) is 9.14. The fourth-order valence-corrected chi connectivity index (χ4v) is 3.61. The molecule has 3 N–H and O–H groups in total. The maximum atomic E-state index is 6.16. The molecule has 26 heavy (non-hydrogen) atoms.